The van der Waals surface area contributed by atoms with E-state index in [4.69, 9.17) is 11.0 Å². The third-order valence-corrected chi connectivity index (χ3v) is 3.43. The number of nitrogens with two attached hydrogens (primary N) is 1. The second-order valence-electron chi connectivity index (χ2n) is 5.14. The van der Waals surface area contributed by atoms with E-state index in [1.54, 1.807) is 30.3 Å². The molecule has 0 saturated heterocycles. The van der Waals surface area contributed by atoms with Gasteiger partial charge in [0.2, 0.25) is 5.91 Å². The summed E-state index contributed by atoms with van der Waals surface area (Å²) >= 11 is 0. The summed E-state index contributed by atoms with van der Waals surface area (Å²) in [5.41, 5.74) is 8.94. The summed E-state index contributed by atoms with van der Waals surface area (Å²) in [6.45, 7) is 0. The molecule has 3 rings (SSSR count). The topological polar surface area (TPSA) is 91.8 Å². The first-order valence-corrected chi connectivity index (χ1v) is 7.10. The van der Waals surface area contributed by atoms with Gasteiger partial charge in [0.05, 0.1) is 35.0 Å². The number of benzene rings is 2. The Morgan fingerprint density at radius 2 is 2.00 bits per heavy atom. The van der Waals surface area contributed by atoms with E-state index in [0.29, 0.717) is 28.1 Å². The molecule has 0 spiro atoms. The van der Waals surface area contributed by atoms with Crippen LogP contribution in [0.1, 0.15) is 11.3 Å². The number of para-hydroxylation sites is 1. The molecule has 23 heavy (non-hydrogen) atoms. The fourth-order valence-electron chi connectivity index (χ4n) is 2.35. The molecule has 0 saturated carbocycles. The Morgan fingerprint density at radius 3 is 2.83 bits per heavy atom. The minimum absolute atomic E-state index is 0.140. The zero-order valence-electron chi connectivity index (χ0n) is 12.3. The van der Waals surface area contributed by atoms with Crippen LogP contribution in [0.25, 0.3) is 10.9 Å². The average Bonchev–Trinajstić information content (AvgIpc) is 2.56. The van der Waals surface area contributed by atoms with Gasteiger partial charge in [0.1, 0.15) is 0 Å². The lowest BCUT2D eigenvalue weighted by Gasteiger charge is -2.07. The van der Waals surface area contributed by atoms with Gasteiger partial charge in [-0.3, -0.25) is 9.78 Å². The number of nitrogen functional groups attached to an aromatic ring is 1. The molecule has 1 amide bonds. The summed E-state index contributed by atoms with van der Waals surface area (Å²) in [6.07, 6.45) is 0.140. The van der Waals surface area contributed by atoms with Gasteiger partial charge in [0.25, 0.3) is 0 Å². The molecule has 0 fully saturated rings. The number of carbonyl (C=O) groups excluding carboxylic acids is 1. The van der Waals surface area contributed by atoms with Crippen LogP contribution in [0.3, 0.4) is 0 Å². The molecule has 2 aromatic carbocycles. The van der Waals surface area contributed by atoms with E-state index in [2.05, 4.69) is 10.3 Å². The van der Waals surface area contributed by atoms with Crippen LogP contribution in [0.5, 0.6) is 0 Å². The first kappa shape index (κ1) is 14.5. The van der Waals surface area contributed by atoms with Gasteiger partial charge in [-0.2, -0.15) is 5.26 Å². The van der Waals surface area contributed by atoms with E-state index < -0.39 is 0 Å². The van der Waals surface area contributed by atoms with Crippen molar-refractivity contribution in [2.45, 2.75) is 6.42 Å². The summed E-state index contributed by atoms with van der Waals surface area (Å²) < 4.78 is 0. The number of amides is 1. The lowest BCUT2D eigenvalue weighted by atomic mass is 10.1. The molecular weight excluding hydrogens is 288 g/mol. The number of hydrogen-bond acceptors (Lipinski definition) is 4. The molecule has 3 aromatic rings. The quantitative estimate of drug-likeness (QED) is 0.728. The largest absolute Gasteiger partial charge is 0.397 e. The molecule has 0 aliphatic heterocycles. The van der Waals surface area contributed by atoms with Gasteiger partial charge in [0, 0.05) is 11.1 Å². The maximum absolute atomic E-state index is 12.1. The highest BCUT2D eigenvalue weighted by atomic mass is 16.1. The molecule has 112 valence electrons. The Balaban J connectivity index is 1.77. The Kier molecular flexibility index (Phi) is 3.89. The van der Waals surface area contributed by atoms with Crippen LogP contribution >= 0.6 is 0 Å². The van der Waals surface area contributed by atoms with Crippen LogP contribution in [0.15, 0.2) is 54.6 Å². The maximum Gasteiger partial charge on any atom is 0.230 e. The second-order valence-corrected chi connectivity index (χ2v) is 5.14. The van der Waals surface area contributed by atoms with E-state index >= 15 is 0 Å². The minimum Gasteiger partial charge on any atom is -0.397 e. The number of fused-ring (bicyclic) bond motifs is 1. The molecule has 0 radical (unpaired) electrons. The van der Waals surface area contributed by atoms with Crippen LogP contribution in [0.2, 0.25) is 0 Å². The van der Waals surface area contributed by atoms with Crippen molar-refractivity contribution >= 4 is 28.2 Å². The molecule has 0 atom stereocenters. The third kappa shape index (κ3) is 3.27. The number of carbonyl (C=O) groups is 1. The lowest BCUT2D eigenvalue weighted by molar-refractivity contribution is -0.115. The van der Waals surface area contributed by atoms with Gasteiger partial charge in [0.15, 0.2) is 0 Å². The minimum atomic E-state index is -0.193. The van der Waals surface area contributed by atoms with Crippen LogP contribution in [-0.2, 0) is 11.2 Å². The zero-order valence-corrected chi connectivity index (χ0v) is 12.3. The summed E-state index contributed by atoms with van der Waals surface area (Å²) in [6, 6.07) is 18.1. The van der Waals surface area contributed by atoms with Gasteiger partial charge in [-0.25, -0.2) is 0 Å². The highest BCUT2D eigenvalue weighted by molar-refractivity contribution is 5.93. The fourth-order valence-corrected chi connectivity index (χ4v) is 2.35. The monoisotopic (exact) mass is 302 g/mol. The predicted octanol–water partition coefficient (Wildman–Crippen LogP) is 2.87. The Hall–Kier alpha value is -3.39. The molecule has 5 nitrogen and oxygen atoms in total. The molecule has 3 N–H and O–H groups in total. The van der Waals surface area contributed by atoms with Crippen molar-refractivity contribution in [1.82, 2.24) is 4.98 Å². The van der Waals surface area contributed by atoms with Crippen molar-refractivity contribution in [3.05, 3.63) is 65.9 Å². The molecular formula is C18H14N4O. The number of pyridine rings is 1. The van der Waals surface area contributed by atoms with Crippen molar-refractivity contribution in [1.29, 1.82) is 5.26 Å². The van der Waals surface area contributed by atoms with Crippen LogP contribution in [0.4, 0.5) is 11.4 Å². The van der Waals surface area contributed by atoms with Crippen molar-refractivity contribution in [3.8, 4) is 6.07 Å². The van der Waals surface area contributed by atoms with Crippen LogP contribution in [0, 0.1) is 11.3 Å². The van der Waals surface area contributed by atoms with Crippen LogP contribution in [-0.4, -0.2) is 10.9 Å². The number of rotatable bonds is 3. The zero-order chi connectivity index (χ0) is 16.2. The highest BCUT2D eigenvalue weighted by Gasteiger charge is 2.08. The number of anilines is 2. The normalized spacial score (nSPS) is 10.2. The van der Waals surface area contributed by atoms with Gasteiger partial charge in [-0.1, -0.05) is 24.3 Å². The van der Waals surface area contributed by atoms with Gasteiger partial charge in [-0.15, -0.1) is 0 Å². The van der Waals surface area contributed by atoms with Gasteiger partial charge < -0.3 is 11.1 Å². The number of nitrogens with zero attached hydrogens (tertiary/aromatic N) is 2. The predicted molar refractivity (Wildman–Crippen MR) is 89.6 cm³/mol. The lowest BCUT2D eigenvalue weighted by Crippen LogP contribution is -2.15. The summed E-state index contributed by atoms with van der Waals surface area (Å²) in [4.78, 5) is 16.6. The molecule has 5 heteroatoms. The first-order chi connectivity index (χ1) is 11.2. The van der Waals surface area contributed by atoms with Crippen LogP contribution < -0.4 is 11.1 Å². The third-order valence-electron chi connectivity index (χ3n) is 3.43. The van der Waals surface area contributed by atoms with Gasteiger partial charge >= 0.3 is 0 Å². The van der Waals surface area contributed by atoms with E-state index in [1.165, 1.54) is 0 Å². The van der Waals surface area contributed by atoms with Crippen molar-refractivity contribution < 1.29 is 4.79 Å². The van der Waals surface area contributed by atoms with E-state index in [0.717, 1.165) is 5.39 Å². The number of hydrogen-bond donors (Lipinski definition) is 2. The Bertz CT molecular complexity index is 928. The average molecular weight is 302 g/mol. The Labute approximate surface area is 133 Å². The summed E-state index contributed by atoms with van der Waals surface area (Å²) in [7, 11) is 0. The molecule has 1 aromatic heterocycles. The number of aromatic nitrogens is 1. The van der Waals surface area contributed by atoms with Crippen molar-refractivity contribution in [2.24, 2.45) is 0 Å². The smallest absolute Gasteiger partial charge is 0.230 e. The highest BCUT2D eigenvalue weighted by Crippen LogP contribution is 2.19. The summed E-state index contributed by atoms with van der Waals surface area (Å²) in [5.74, 6) is -0.193. The van der Waals surface area contributed by atoms with Crippen molar-refractivity contribution in [3.63, 3.8) is 0 Å². The first-order valence-electron chi connectivity index (χ1n) is 7.10. The number of nitriles is 1. The molecule has 0 aliphatic rings. The van der Waals surface area contributed by atoms with Gasteiger partial charge in [-0.05, 0) is 30.3 Å². The van der Waals surface area contributed by atoms with E-state index in [-0.39, 0.29) is 12.3 Å². The summed E-state index contributed by atoms with van der Waals surface area (Å²) in [5, 5.41) is 12.6. The molecule has 0 bridgehead atoms. The number of nitrogens with one attached hydrogen (secondary N) is 1. The maximum atomic E-state index is 12.1. The fraction of sp³-hybridized carbons (Fsp3) is 0.0556. The molecule has 0 aliphatic carbocycles. The molecule has 0 unspecified atom stereocenters. The van der Waals surface area contributed by atoms with Crippen molar-refractivity contribution in [2.75, 3.05) is 11.1 Å². The SMILES string of the molecule is N#Cc1cccc(NC(=O)Cc2ccc3cccc(N)c3n2)c1. The standard InChI is InChI=1S/C18H14N4O/c19-11-12-3-1-5-14(9-12)21-17(23)10-15-8-7-13-4-2-6-16(20)18(13)22-15/h1-9H,10,20H2,(H,21,23). The van der Waals surface area contributed by atoms with E-state index in [9.17, 15) is 4.79 Å². The van der Waals surface area contributed by atoms with E-state index in [1.807, 2.05) is 30.3 Å². The second kappa shape index (κ2) is 6.16. The molecule has 1 heterocycles. The Morgan fingerprint density at radius 1 is 1.17 bits per heavy atom.